The second-order valence-corrected chi connectivity index (χ2v) is 6.81. The van der Waals surface area contributed by atoms with Gasteiger partial charge in [0.1, 0.15) is 0 Å². The molecule has 2 fully saturated rings. The van der Waals surface area contributed by atoms with E-state index in [0.29, 0.717) is 0 Å². The van der Waals surface area contributed by atoms with Crippen molar-refractivity contribution >= 4 is 7.25 Å². The highest BCUT2D eigenvalue weighted by molar-refractivity contribution is 6.50. The van der Waals surface area contributed by atoms with E-state index in [1.807, 2.05) is 0 Å². The van der Waals surface area contributed by atoms with E-state index in [9.17, 15) is 17.3 Å². The molecular formula is C16H33BF4N+. The normalized spacial score (nSPS) is 22.1. The molecule has 0 saturated heterocycles. The fraction of sp³-hybridized carbons (Fsp3) is 1.00. The predicted molar refractivity (Wildman–Crippen MR) is 86.4 cm³/mol. The lowest BCUT2D eigenvalue weighted by molar-refractivity contribution is -0.972. The minimum atomic E-state index is -6.00. The number of nitrogens with zero attached hydrogens (tertiary/aromatic N) is 1. The van der Waals surface area contributed by atoms with Crippen molar-refractivity contribution in [2.24, 2.45) is 0 Å². The smallest absolute Gasteiger partial charge is 0.418 e. The summed E-state index contributed by atoms with van der Waals surface area (Å²) >= 11 is 0. The Morgan fingerprint density at radius 3 is 1.23 bits per heavy atom. The van der Waals surface area contributed by atoms with Crippen LogP contribution >= 0.6 is 0 Å². The number of halogens is 4. The van der Waals surface area contributed by atoms with Crippen molar-refractivity contribution in [3.05, 3.63) is 0 Å². The van der Waals surface area contributed by atoms with E-state index in [1.165, 1.54) is 81.8 Å². The summed E-state index contributed by atoms with van der Waals surface area (Å²) in [6, 6.07) is 2.00. The van der Waals surface area contributed by atoms with E-state index in [4.69, 9.17) is 0 Å². The van der Waals surface area contributed by atoms with Crippen LogP contribution in [-0.2, 0) is 0 Å². The zero-order valence-electron chi connectivity index (χ0n) is 15.2. The summed E-state index contributed by atoms with van der Waals surface area (Å²) in [6.45, 7) is 7.66. The molecule has 0 atom stereocenters. The van der Waals surface area contributed by atoms with Gasteiger partial charge in [-0.3, -0.25) is 0 Å². The number of rotatable bonds is 4. The summed E-state index contributed by atoms with van der Waals surface area (Å²) in [5.74, 6) is 0. The largest absolute Gasteiger partial charge is 1.00 e. The first-order valence-electron chi connectivity index (χ1n) is 9.07. The average Bonchev–Trinajstić information content (AvgIpc) is 2.50. The van der Waals surface area contributed by atoms with Crippen molar-refractivity contribution in [1.29, 1.82) is 0 Å². The Balaban J connectivity index is 0.000000709. The molecule has 0 bridgehead atoms. The Labute approximate surface area is 134 Å². The number of hydrogen-bond acceptors (Lipinski definition) is 0. The summed E-state index contributed by atoms with van der Waals surface area (Å²) < 4.78 is 40.5. The molecule has 22 heavy (non-hydrogen) atoms. The van der Waals surface area contributed by atoms with E-state index in [1.54, 1.807) is 0 Å². The fourth-order valence-corrected chi connectivity index (χ4v) is 4.75. The van der Waals surface area contributed by atoms with Gasteiger partial charge < -0.3 is 21.7 Å². The maximum Gasteiger partial charge on any atom is 1.00 e. The molecule has 0 N–H and O–H groups in total. The van der Waals surface area contributed by atoms with Gasteiger partial charge >= 0.3 is 8.68 Å². The molecule has 2 aliphatic carbocycles. The summed E-state index contributed by atoms with van der Waals surface area (Å²) in [6.07, 6.45) is 15.0. The Bertz CT molecular complexity index is 273. The summed E-state index contributed by atoms with van der Waals surface area (Å²) in [5.41, 5.74) is 0. The van der Waals surface area contributed by atoms with Gasteiger partial charge in [0.25, 0.3) is 0 Å². The molecule has 0 aliphatic heterocycles. The summed E-state index contributed by atoms with van der Waals surface area (Å²) in [5, 5.41) is 0. The van der Waals surface area contributed by atoms with Crippen molar-refractivity contribution in [3.8, 4) is 0 Å². The monoisotopic (exact) mass is 326 g/mol. The van der Waals surface area contributed by atoms with E-state index in [2.05, 4.69) is 13.8 Å². The highest BCUT2D eigenvalue weighted by Gasteiger charge is 2.41. The van der Waals surface area contributed by atoms with Crippen LogP contribution in [0.2, 0.25) is 0 Å². The second-order valence-electron chi connectivity index (χ2n) is 6.81. The van der Waals surface area contributed by atoms with Crippen LogP contribution in [0.15, 0.2) is 0 Å². The van der Waals surface area contributed by atoms with Gasteiger partial charge in [-0.15, -0.1) is 0 Å². The molecule has 0 amide bonds. The number of hydrogen-bond donors (Lipinski definition) is 0. The van der Waals surface area contributed by atoms with Gasteiger partial charge in [-0.25, -0.2) is 0 Å². The predicted octanol–water partition coefficient (Wildman–Crippen LogP) is 5.92. The molecule has 2 rings (SSSR count). The topological polar surface area (TPSA) is 0 Å². The molecule has 132 valence electrons. The lowest BCUT2D eigenvalue weighted by Gasteiger charge is -2.51. The first kappa shape index (κ1) is 19.8. The summed E-state index contributed by atoms with van der Waals surface area (Å²) in [4.78, 5) is 0. The first-order valence-corrected chi connectivity index (χ1v) is 9.07. The Morgan fingerprint density at radius 2 is 1.00 bits per heavy atom. The molecule has 0 heterocycles. The van der Waals surface area contributed by atoms with Crippen LogP contribution in [0.25, 0.3) is 0 Å². The molecular weight excluding hydrogens is 293 g/mol. The quantitative estimate of drug-likeness (QED) is 0.342. The van der Waals surface area contributed by atoms with Gasteiger partial charge in [0.15, 0.2) is 0 Å². The van der Waals surface area contributed by atoms with E-state index >= 15 is 0 Å². The van der Waals surface area contributed by atoms with Crippen LogP contribution < -0.4 is 0 Å². The van der Waals surface area contributed by atoms with Gasteiger partial charge in [-0.2, -0.15) is 0 Å². The van der Waals surface area contributed by atoms with Crippen LogP contribution in [0.1, 0.15) is 79.5 Å². The van der Waals surface area contributed by atoms with Gasteiger partial charge in [-0.1, -0.05) is 12.8 Å². The minimum Gasteiger partial charge on any atom is -0.418 e. The zero-order chi connectivity index (χ0) is 16.6. The van der Waals surface area contributed by atoms with Crippen LogP contribution in [-0.4, -0.2) is 36.9 Å². The van der Waals surface area contributed by atoms with Crippen molar-refractivity contribution in [2.75, 3.05) is 13.1 Å². The van der Waals surface area contributed by atoms with Crippen LogP contribution in [0.3, 0.4) is 0 Å². The van der Waals surface area contributed by atoms with E-state index in [0.717, 1.165) is 12.1 Å². The van der Waals surface area contributed by atoms with Crippen LogP contribution in [0, 0.1) is 0 Å². The van der Waals surface area contributed by atoms with Gasteiger partial charge in [0.05, 0.1) is 25.2 Å². The van der Waals surface area contributed by atoms with Crippen LogP contribution in [0.5, 0.6) is 0 Å². The molecule has 0 aromatic rings. The molecule has 0 unspecified atom stereocenters. The Hall–Kier alpha value is -0.255. The average molecular weight is 326 g/mol. The maximum atomic E-state index is 9.75. The lowest BCUT2D eigenvalue weighted by Crippen LogP contribution is -2.62. The minimum absolute atomic E-state index is 0. The van der Waals surface area contributed by atoms with Gasteiger partial charge in [0, 0.05) is 0 Å². The third-order valence-electron chi connectivity index (χ3n) is 5.78. The maximum absolute atomic E-state index is 9.75. The number of quaternary nitrogens is 1. The molecule has 0 aromatic heterocycles. The summed E-state index contributed by atoms with van der Waals surface area (Å²) in [7, 11) is -6.00. The third-order valence-corrected chi connectivity index (χ3v) is 5.78. The van der Waals surface area contributed by atoms with E-state index < -0.39 is 7.25 Å². The molecule has 0 radical (unpaired) electrons. The molecule has 2 saturated carbocycles. The SMILES string of the molecule is CC[N+](CC)(C1CCCCC1)C1CCCCC1.F[B-](F)(F)F.[H+]. The fourth-order valence-electron chi connectivity index (χ4n) is 4.75. The Kier molecular flexibility index (Phi) is 8.22. The van der Waals surface area contributed by atoms with Gasteiger partial charge in [0.2, 0.25) is 0 Å². The third kappa shape index (κ3) is 6.09. The molecule has 0 aromatic carbocycles. The highest BCUT2D eigenvalue weighted by Crippen LogP contribution is 2.36. The standard InChI is InChI=1S/C16H32N.BF4/c1-3-17(4-2,15-11-7-5-8-12-15)16-13-9-6-10-14-16;2-1(3,4)5/h15-16H,3-14H2,1-2H3;/q+1;-1/p+1. The van der Waals surface area contributed by atoms with Crippen molar-refractivity contribution in [1.82, 2.24) is 0 Å². The van der Waals surface area contributed by atoms with Crippen molar-refractivity contribution in [3.63, 3.8) is 0 Å². The van der Waals surface area contributed by atoms with Crippen molar-refractivity contribution in [2.45, 2.75) is 90.1 Å². The zero-order valence-corrected chi connectivity index (χ0v) is 14.2. The molecule has 0 spiro atoms. The molecule has 6 heteroatoms. The Morgan fingerprint density at radius 1 is 0.727 bits per heavy atom. The van der Waals surface area contributed by atoms with Gasteiger partial charge in [-0.05, 0) is 65.2 Å². The molecule has 2 aliphatic rings. The van der Waals surface area contributed by atoms with E-state index in [-0.39, 0.29) is 1.43 Å². The molecule has 1 nitrogen and oxygen atoms in total. The first-order chi connectivity index (χ1) is 10.3. The lowest BCUT2D eigenvalue weighted by atomic mass is 9.85. The van der Waals surface area contributed by atoms with Crippen molar-refractivity contribution < 1.29 is 23.2 Å². The van der Waals surface area contributed by atoms with Crippen LogP contribution in [0.4, 0.5) is 17.3 Å². The highest BCUT2D eigenvalue weighted by atomic mass is 19.5. The second kappa shape index (κ2) is 9.14.